The minimum Gasteiger partial charge on any atom is -0.422 e. The summed E-state index contributed by atoms with van der Waals surface area (Å²) >= 11 is 0. The van der Waals surface area contributed by atoms with Crippen LogP contribution in [0.2, 0.25) is 0 Å². The van der Waals surface area contributed by atoms with Crippen LogP contribution in [-0.2, 0) is 4.74 Å². The van der Waals surface area contributed by atoms with Gasteiger partial charge < -0.3 is 34.9 Å². The molecule has 9 nitrogen and oxygen atoms in total. The number of aromatic nitrogens is 1. The van der Waals surface area contributed by atoms with Gasteiger partial charge >= 0.3 is 5.63 Å². The fourth-order valence-corrected chi connectivity index (χ4v) is 3.70. The number of aryl methyl sites for hydroxylation is 1. The van der Waals surface area contributed by atoms with Crippen molar-refractivity contribution in [3.05, 3.63) is 58.6 Å². The minimum atomic E-state index is -1.46. The molecule has 0 amide bonds. The number of aliphatic hydroxyl groups excluding tert-OH is 4. The van der Waals surface area contributed by atoms with Crippen LogP contribution in [0, 0.1) is 6.92 Å². The number of hydrogen-bond donors (Lipinski definition) is 5. The molecule has 1 saturated heterocycles. The summed E-state index contributed by atoms with van der Waals surface area (Å²) in [6.07, 6.45) is -3.71. The first kappa shape index (κ1) is 20.5. The smallest absolute Gasteiger partial charge is 0.346 e. The van der Waals surface area contributed by atoms with Crippen molar-refractivity contribution in [2.75, 3.05) is 11.9 Å². The van der Waals surface area contributed by atoms with E-state index in [1.807, 2.05) is 6.92 Å². The third kappa shape index (κ3) is 3.57. The van der Waals surface area contributed by atoms with Gasteiger partial charge in [0.25, 0.3) is 0 Å². The highest BCUT2D eigenvalue weighted by Crippen LogP contribution is 2.29. The van der Waals surface area contributed by atoms with Crippen molar-refractivity contribution in [1.29, 1.82) is 0 Å². The standard InChI is InChI=1S/C21H22N2O7/c1-10-12-6-5-11(23-17-19(26)18(25)15(9-24)30-21(17)28)8-14(12)29-20(27)16(10)13-4-2-3-7-22-13/h2-8,15,17-19,21,23-26,28H,9H2,1H3/t15?,17?,18-,19-,21?/m1/s1. The molecule has 0 saturated carbocycles. The Morgan fingerprint density at radius 2 is 1.93 bits per heavy atom. The summed E-state index contributed by atoms with van der Waals surface area (Å²) in [6, 6.07) is 9.24. The normalized spacial score (nSPS) is 26.6. The fraction of sp³-hybridized carbons (Fsp3) is 0.333. The molecule has 9 heteroatoms. The van der Waals surface area contributed by atoms with Crippen molar-refractivity contribution in [2.45, 2.75) is 37.6 Å². The maximum Gasteiger partial charge on any atom is 0.346 e. The van der Waals surface area contributed by atoms with Crippen LogP contribution in [0.15, 0.2) is 51.8 Å². The lowest BCUT2D eigenvalue weighted by atomic mass is 9.96. The number of benzene rings is 1. The molecular formula is C21H22N2O7. The Morgan fingerprint density at radius 1 is 1.13 bits per heavy atom. The topological polar surface area (TPSA) is 145 Å². The number of anilines is 1. The molecule has 5 N–H and O–H groups in total. The lowest BCUT2D eigenvalue weighted by molar-refractivity contribution is -0.245. The lowest BCUT2D eigenvalue weighted by Crippen LogP contribution is -2.61. The Labute approximate surface area is 171 Å². The van der Waals surface area contributed by atoms with Crippen LogP contribution < -0.4 is 10.9 Å². The van der Waals surface area contributed by atoms with Gasteiger partial charge in [0, 0.05) is 23.3 Å². The zero-order valence-electron chi connectivity index (χ0n) is 16.1. The Morgan fingerprint density at radius 3 is 2.63 bits per heavy atom. The Hall–Kier alpha value is -2.82. The van der Waals surface area contributed by atoms with Crippen molar-refractivity contribution < 1.29 is 29.6 Å². The number of aliphatic hydroxyl groups is 4. The van der Waals surface area contributed by atoms with Crippen LogP contribution in [0.1, 0.15) is 5.56 Å². The first-order chi connectivity index (χ1) is 14.4. The van der Waals surface area contributed by atoms with E-state index in [-0.39, 0.29) is 0 Å². The van der Waals surface area contributed by atoms with E-state index >= 15 is 0 Å². The average molecular weight is 414 g/mol. The highest BCUT2D eigenvalue weighted by atomic mass is 16.6. The van der Waals surface area contributed by atoms with E-state index in [1.54, 1.807) is 42.6 Å². The number of rotatable bonds is 4. The average Bonchev–Trinajstić information content (AvgIpc) is 2.74. The lowest BCUT2D eigenvalue weighted by Gasteiger charge is -2.40. The Kier molecular flexibility index (Phi) is 5.54. The molecule has 0 spiro atoms. The maximum absolute atomic E-state index is 12.6. The molecule has 1 aromatic carbocycles. The van der Waals surface area contributed by atoms with Crippen LogP contribution >= 0.6 is 0 Å². The van der Waals surface area contributed by atoms with Gasteiger partial charge in [-0.25, -0.2) is 4.79 Å². The molecule has 2 aromatic heterocycles. The number of fused-ring (bicyclic) bond motifs is 1. The molecule has 4 rings (SSSR count). The van der Waals surface area contributed by atoms with Crippen LogP contribution in [0.4, 0.5) is 5.69 Å². The molecule has 3 aromatic rings. The molecular weight excluding hydrogens is 392 g/mol. The number of hydrogen-bond acceptors (Lipinski definition) is 9. The first-order valence-electron chi connectivity index (χ1n) is 9.46. The number of nitrogens with one attached hydrogen (secondary N) is 1. The molecule has 3 unspecified atom stereocenters. The van der Waals surface area contributed by atoms with Crippen LogP contribution in [-0.4, -0.2) is 62.7 Å². The molecule has 1 fully saturated rings. The van der Waals surface area contributed by atoms with Crippen LogP contribution in [0.5, 0.6) is 0 Å². The highest BCUT2D eigenvalue weighted by molar-refractivity contribution is 5.88. The summed E-state index contributed by atoms with van der Waals surface area (Å²) < 4.78 is 10.6. The second-order valence-electron chi connectivity index (χ2n) is 7.21. The molecule has 0 aliphatic carbocycles. The summed E-state index contributed by atoms with van der Waals surface area (Å²) in [5.74, 6) is 0. The van der Waals surface area contributed by atoms with Crippen molar-refractivity contribution in [3.8, 4) is 11.3 Å². The summed E-state index contributed by atoms with van der Waals surface area (Å²) in [4.78, 5) is 16.8. The number of nitrogens with zero attached hydrogens (tertiary/aromatic N) is 1. The highest BCUT2D eigenvalue weighted by Gasteiger charge is 2.43. The summed E-state index contributed by atoms with van der Waals surface area (Å²) in [6.45, 7) is 1.27. The molecule has 3 heterocycles. The van der Waals surface area contributed by atoms with Gasteiger partial charge in [0.15, 0.2) is 6.29 Å². The Balaban J connectivity index is 1.67. The molecule has 1 aliphatic heterocycles. The SMILES string of the molecule is Cc1c(-c2ccccn2)c(=O)oc2cc(NC3C(O)OC(CO)[C@@H](O)[C@@H]3O)ccc12. The molecule has 5 atom stereocenters. The van der Waals surface area contributed by atoms with E-state index in [1.165, 1.54) is 0 Å². The van der Waals surface area contributed by atoms with Crippen molar-refractivity contribution in [1.82, 2.24) is 4.98 Å². The van der Waals surface area contributed by atoms with Gasteiger partial charge in [0.2, 0.25) is 0 Å². The predicted octanol–water partition coefficient (Wildman–Crippen LogP) is 0.375. The molecule has 0 radical (unpaired) electrons. The van der Waals surface area contributed by atoms with E-state index in [9.17, 15) is 25.2 Å². The molecule has 0 bridgehead atoms. The first-order valence-corrected chi connectivity index (χ1v) is 9.46. The summed E-state index contributed by atoms with van der Waals surface area (Å²) in [7, 11) is 0. The van der Waals surface area contributed by atoms with Gasteiger partial charge in [0.05, 0.1) is 17.9 Å². The van der Waals surface area contributed by atoms with Crippen LogP contribution in [0.3, 0.4) is 0 Å². The van der Waals surface area contributed by atoms with E-state index in [2.05, 4.69) is 10.3 Å². The second kappa shape index (κ2) is 8.13. The van der Waals surface area contributed by atoms with Gasteiger partial charge in [-0.15, -0.1) is 0 Å². The third-order valence-electron chi connectivity index (χ3n) is 5.32. The summed E-state index contributed by atoms with van der Waals surface area (Å²) in [5.41, 5.74) is 1.85. The largest absolute Gasteiger partial charge is 0.422 e. The number of ether oxygens (including phenoxy) is 1. The third-order valence-corrected chi connectivity index (χ3v) is 5.32. The minimum absolute atomic E-state index is 0.316. The quantitative estimate of drug-likeness (QED) is 0.382. The molecule has 30 heavy (non-hydrogen) atoms. The summed E-state index contributed by atoms with van der Waals surface area (Å²) in [5, 5.41) is 43.2. The second-order valence-corrected chi connectivity index (χ2v) is 7.21. The molecule has 158 valence electrons. The Bertz CT molecular complexity index is 1100. The van der Waals surface area contributed by atoms with Gasteiger partial charge in [-0.1, -0.05) is 6.07 Å². The van der Waals surface area contributed by atoms with Gasteiger partial charge in [-0.2, -0.15) is 0 Å². The van der Waals surface area contributed by atoms with E-state index in [0.717, 1.165) is 0 Å². The van der Waals surface area contributed by atoms with E-state index < -0.39 is 42.9 Å². The predicted molar refractivity (Wildman–Crippen MR) is 108 cm³/mol. The van der Waals surface area contributed by atoms with E-state index in [4.69, 9.17) is 9.15 Å². The zero-order chi connectivity index (χ0) is 21.4. The fourth-order valence-electron chi connectivity index (χ4n) is 3.70. The monoisotopic (exact) mass is 414 g/mol. The maximum atomic E-state index is 12.6. The van der Waals surface area contributed by atoms with Gasteiger partial charge in [-0.05, 0) is 36.8 Å². The van der Waals surface area contributed by atoms with Crippen molar-refractivity contribution in [2.24, 2.45) is 0 Å². The van der Waals surface area contributed by atoms with Crippen molar-refractivity contribution in [3.63, 3.8) is 0 Å². The number of pyridine rings is 1. The van der Waals surface area contributed by atoms with E-state index in [0.29, 0.717) is 33.5 Å². The van der Waals surface area contributed by atoms with Gasteiger partial charge in [-0.3, -0.25) is 4.98 Å². The van der Waals surface area contributed by atoms with Gasteiger partial charge in [0.1, 0.15) is 29.9 Å². The zero-order valence-corrected chi connectivity index (χ0v) is 16.1. The molecule has 1 aliphatic rings. The van der Waals surface area contributed by atoms with Crippen LogP contribution in [0.25, 0.3) is 22.2 Å². The van der Waals surface area contributed by atoms with Crippen molar-refractivity contribution >= 4 is 16.7 Å².